The van der Waals surface area contributed by atoms with Gasteiger partial charge in [0, 0.05) is 0 Å². The highest BCUT2D eigenvalue weighted by atomic mass is 16.5. The van der Waals surface area contributed by atoms with Gasteiger partial charge in [-0.05, 0) is 52.2 Å². The van der Waals surface area contributed by atoms with Crippen LogP contribution in [0.5, 0.6) is 17.5 Å². The average Bonchev–Trinajstić information content (AvgIpc) is 2.51. The maximum atomic E-state index is 6.03. The van der Waals surface area contributed by atoms with E-state index in [9.17, 15) is 0 Å². The second-order valence-electron chi connectivity index (χ2n) is 5.93. The molecule has 2 rings (SSSR count). The molecule has 0 spiro atoms. The molecule has 0 bridgehead atoms. The molecule has 0 aliphatic heterocycles. The van der Waals surface area contributed by atoms with Crippen LogP contribution >= 0.6 is 0 Å². The fourth-order valence-corrected chi connectivity index (χ4v) is 2.42. The van der Waals surface area contributed by atoms with Crippen LogP contribution in [0.25, 0.3) is 0 Å². The van der Waals surface area contributed by atoms with Gasteiger partial charge in [0.1, 0.15) is 11.6 Å². The fraction of sp³-hybridized carbons (Fsp3) is 0.474. The topological polar surface area (TPSA) is 44.2 Å². The summed E-state index contributed by atoms with van der Waals surface area (Å²) in [5.41, 5.74) is 3.13. The molecular formula is C19H26N2O2. The minimum atomic E-state index is 0.164. The Morgan fingerprint density at radius 2 is 1.61 bits per heavy atom. The number of nitrogens with zero attached hydrogens (tertiary/aromatic N) is 2. The van der Waals surface area contributed by atoms with Crippen molar-refractivity contribution in [2.75, 3.05) is 0 Å². The lowest BCUT2D eigenvalue weighted by molar-refractivity contribution is 0.182. The Labute approximate surface area is 138 Å². The van der Waals surface area contributed by atoms with E-state index in [1.54, 1.807) is 0 Å². The van der Waals surface area contributed by atoms with Gasteiger partial charge in [0.25, 0.3) is 0 Å². The zero-order chi connectivity index (χ0) is 17.0. The van der Waals surface area contributed by atoms with E-state index < -0.39 is 0 Å². The van der Waals surface area contributed by atoms with Gasteiger partial charge in [-0.15, -0.1) is 0 Å². The summed E-state index contributed by atoms with van der Waals surface area (Å²) in [5, 5.41) is 0. The van der Waals surface area contributed by atoms with Crippen LogP contribution in [-0.4, -0.2) is 16.1 Å². The van der Waals surface area contributed by atoms with E-state index in [-0.39, 0.29) is 6.10 Å². The van der Waals surface area contributed by atoms with Gasteiger partial charge in [0.2, 0.25) is 11.8 Å². The average molecular weight is 314 g/mol. The number of benzene rings is 1. The molecular weight excluding hydrogens is 288 g/mol. The molecule has 0 N–H and O–H groups in total. The van der Waals surface area contributed by atoms with E-state index in [1.807, 2.05) is 32.9 Å². The molecule has 4 nitrogen and oxygen atoms in total. The Balaban J connectivity index is 2.33. The Morgan fingerprint density at radius 1 is 0.957 bits per heavy atom. The van der Waals surface area contributed by atoms with Gasteiger partial charge in [0.15, 0.2) is 0 Å². The highest BCUT2D eigenvalue weighted by Gasteiger charge is 2.16. The summed E-state index contributed by atoms with van der Waals surface area (Å²) in [7, 11) is 0. The van der Waals surface area contributed by atoms with Gasteiger partial charge in [-0.2, -0.15) is 9.97 Å². The Hall–Kier alpha value is -2.10. The van der Waals surface area contributed by atoms with Crippen molar-refractivity contribution in [3.05, 3.63) is 40.7 Å². The third-order valence-corrected chi connectivity index (χ3v) is 3.89. The molecule has 0 amide bonds. The molecule has 0 aliphatic carbocycles. The Kier molecular flexibility index (Phi) is 5.59. The summed E-state index contributed by atoms with van der Waals surface area (Å²) in [6.45, 7) is 12.1. The molecule has 23 heavy (non-hydrogen) atoms. The summed E-state index contributed by atoms with van der Waals surface area (Å²) < 4.78 is 12.1. The van der Waals surface area contributed by atoms with Crippen LogP contribution in [-0.2, 0) is 0 Å². The summed E-state index contributed by atoms with van der Waals surface area (Å²) in [4.78, 5) is 8.87. The standard InChI is InChI=1S/C19H26N2O2/c1-7-16(8-2)22-18-14(5)19(21-15(6)20-18)23-17-10-9-12(3)11-13(17)4/h9-11,16H,7-8H2,1-6H3. The van der Waals surface area contributed by atoms with Crippen LogP contribution in [0.3, 0.4) is 0 Å². The number of ether oxygens (including phenoxy) is 2. The van der Waals surface area contributed by atoms with Crippen molar-refractivity contribution < 1.29 is 9.47 Å². The third kappa shape index (κ3) is 4.21. The number of hydrogen-bond donors (Lipinski definition) is 0. The van der Waals surface area contributed by atoms with Crippen LogP contribution in [0.4, 0.5) is 0 Å². The van der Waals surface area contributed by atoms with E-state index >= 15 is 0 Å². The number of rotatable bonds is 6. The van der Waals surface area contributed by atoms with Crippen molar-refractivity contribution in [3.8, 4) is 17.5 Å². The largest absolute Gasteiger partial charge is 0.474 e. The molecule has 0 fully saturated rings. The summed E-state index contributed by atoms with van der Waals surface area (Å²) in [6, 6.07) is 6.11. The van der Waals surface area contributed by atoms with Crippen LogP contribution in [0.2, 0.25) is 0 Å². The second kappa shape index (κ2) is 7.44. The predicted molar refractivity (Wildman–Crippen MR) is 92.5 cm³/mol. The molecule has 1 aromatic carbocycles. The van der Waals surface area contributed by atoms with Crippen LogP contribution in [0.1, 0.15) is 49.2 Å². The van der Waals surface area contributed by atoms with Crippen molar-refractivity contribution in [2.24, 2.45) is 0 Å². The number of aromatic nitrogens is 2. The fourth-order valence-electron chi connectivity index (χ4n) is 2.42. The lowest BCUT2D eigenvalue weighted by atomic mass is 10.1. The SMILES string of the molecule is CCC(CC)Oc1nc(C)nc(Oc2ccc(C)cc2C)c1C. The van der Waals surface area contributed by atoms with Gasteiger partial charge in [-0.3, -0.25) is 0 Å². The first-order valence-electron chi connectivity index (χ1n) is 8.21. The van der Waals surface area contributed by atoms with Gasteiger partial charge in [0.05, 0.1) is 11.7 Å². The molecule has 0 saturated carbocycles. The van der Waals surface area contributed by atoms with Crippen LogP contribution in [0.15, 0.2) is 18.2 Å². The smallest absolute Gasteiger partial charge is 0.229 e. The van der Waals surface area contributed by atoms with Gasteiger partial charge in [-0.1, -0.05) is 31.5 Å². The Morgan fingerprint density at radius 3 is 2.22 bits per heavy atom. The predicted octanol–water partition coefficient (Wildman–Crippen LogP) is 5.07. The summed E-state index contributed by atoms with van der Waals surface area (Å²) in [6.07, 6.45) is 2.07. The molecule has 0 atom stereocenters. The maximum Gasteiger partial charge on any atom is 0.229 e. The zero-order valence-electron chi connectivity index (χ0n) is 14.9. The minimum absolute atomic E-state index is 0.164. The molecule has 4 heteroatoms. The lowest BCUT2D eigenvalue weighted by Gasteiger charge is -2.18. The Bertz CT molecular complexity index is 679. The van der Waals surface area contributed by atoms with Crippen LogP contribution in [0, 0.1) is 27.7 Å². The summed E-state index contributed by atoms with van der Waals surface area (Å²) >= 11 is 0. The molecule has 124 valence electrons. The lowest BCUT2D eigenvalue weighted by Crippen LogP contribution is -2.16. The molecule has 1 heterocycles. The monoisotopic (exact) mass is 314 g/mol. The molecule has 0 unspecified atom stereocenters. The molecule has 2 aromatic rings. The van der Waals surface area contributed by atoms with E-state index in [0.717, 1.165) is 29.7 Å². The highest BCUT2D eigenvalue weighted by molar-refractivity contribution is 5.41. The molecule has 0 saturated heterocycles. The van der Waals surface area contributed by atoms with Gasteiger partial charge < -0.3 is 9.47 Å². The second-order valence-corrected chi connectivity index (χ2v) is 5.93. The minimum Gasteiger partial charge on any atom is -0.474 e. The first kappa shape index (κ1) is 17.3. The van der Waals surface area contributed by atoms with E-state index in [1.165, 1.54) is 5.56 Å². The van der Waals surface area contributed by atoms with Gasteiger partial charge in [-0.25, -0.2) is 0 Å². The van der Waals surface area contributed by atoms with Crippen molar-refractivity contribution in [1.29, 1.82) is 0 Å². The van der Waals surface area contributed by atoms with E-state index in [0.29, 0.717) is 17.6 Å². The first-order chi connectivity index (χ1) is 10.9. The third-order valence-electron chi connectivity index (χ3n) is 3.89. The van der Waals surface area contributed by atoms with Crippen molar-refractivity contribution in [2.45, 2.75) is 60.5 Å². The number of hydrogen-bond acceptors (Lipinski definition) is 4. The highest BCUT2D eigenvalue weighted by Crippen LogP contribution is 2.31. The first-order valence-corrected chi connectivity index (χ1v) is 8.21. The van der Waals surface area contributed by atoms with Gasteiger partial charge >= 0.3 is 0 Å². The van der Waals surface area contributed by atoms with E-state index in [2.05, 4.69) is 36.8 Å². The quantitative estimate of drug-likeness (QED) is 0.746. The number of aryl methyl sites for hydroxylation is 3. The molecule has 0 aliphatic rings. The normalized spacial score (nSPS) is 10.9. The van der Waals surface area contributed by atoms with E-state index in [4.69, 9.17) is 9.47 Å². The maximum absolute atomic E-state index is 6.03. The van der Waals surface area contributed by atoms with Crippen molar-refractivity contribution in [1.82, 2.24) is 9.97 Å². The molecule has 1 aromatic heterocycles. The molecule has 0 radical (unpaired) electrons. The van der Waals surface area contributed by atoms with Crippen molar-refractivity contribution in [3.63, 3.8) is 0 Å². The zero-order valence-corrected chi connectivity index (χ0v) is 14.9. The summed E-state index contributed by atoms with van der Waals surface area (Å²) in [5.74, 6) is 2.64. The van der Waals surface area contributed by atoms with Crippen molar-refractivity contribution >= 4 is 0 Å². The van der Waals surface area contributed by atoms with Crippen LogP contribution < -0.4 is 9.47 Å².